The van der Waals surface area contributed by atoms with E-state index in [9.17, 15) is 19.7 Å². The summed E-state index contributed by atoms with van der Waals surface area (Å²) in [5.41, 5.74) is 2.02. The summed E-state index contributed by atoms with van der Waals surface area (Å²) in [7, 11) is 0. The van der Waals surface area contributed by atoms with Crippen LogP contribution in [0.2, 0.25) is 0 Å². The molecule has 1 amide bonds. The lowest BCUT2D eigenvalue weighted by Gasteiger charge is -2.12. The molecule has 1 heterocycles. The number of nitro benzene ring substituents is 1. The summed E-state index contributed by atoms with van der Waals surface area (Å²) in [6.07, 6.45) is 1.26. The van der Waals surface area contributed by atoms with Crippen molar-refractivity contribution in [2.24, 2.45) is 0 Å². The van der Waals surface area contributed by atoms with E-state index in [-0.39, 0.29) is 17.6 Å². The van der Waals surface area contributed by atoms with Crippen LogP contribution in [0.5, 0.6) is 0 Å². The van der Waals surface area contributed by atoms with Crippen molar-refractivity contribution in [3.05, 3.63) is 99.6 Å². The van der Waals surface area contributed by atoms with Gasteiger partial charge in [0.15, 0.2) is 0 Å². The van der Waals surface area contributed by atoms with E-state index in [1.165, 1.54) is 24.5 Å². The Morgan fingerprint density at radius 3 is 2.53 bits per heavy atom. The first-order chi connectivity index (χ1) is 14.5. The Hall–Kier alpha value is -4.33. The maximum atomic E-state index is 12.7. The first kappa shape index (κ1) is 19.0. The van der Waals surface area contributed by atoms with Crippen molar-refractivity contribution >= 4 is 28.2 Å². The molecule has 4 aromatic rings. The van der Waals surface area contributed by atoms with Gasteiger partial charge in [-0.1, -0.05) is 48.5 Å². The predicted molar refractivity (Wildman–Crippen MR) is 113 cm³/mol. The van der Waals surface area contributed by atoms with E-state index < -0.39 is 16.4 Å². The molecule has 4 rings (SSSR count). The first-order valence-electron chi connectivity index (χ1n) is 9.11. The van der Waals surface area contributed by atoms with Crippen LogP contribution in [0.1, 0.15) is 0 Å². The number of anilines is 1. The zero-order valence-corrected chi connectivity index (χ0v) is 15.7. The van der Waals surface area contributed by atoms with Gasteiger partial charge in [-0.2, -0.15) is 0 Å². The number of para-hydroxylation sites is 1. The predicted octanol–water partition coefficient (Wildman–Crippen LogP) is 3.61. The first-order valence-corrected chi connectivity index (χ1v) is 9.11. The SMILES string of the molecule is O=C(Cn1cnc2ccc([N+](=O)[O-])cc2c1=O)Nc1ccccc1-c1ccccc1. The summed E-state index contributed by atoms with van der Waals surface area (Å²) in [5, 5.41) is 13.9. The van der Waals surface area contributed by atoms with E-state index in [0.717, 1.165) is 15.7 Å². The lowest BCUT2D eigenvalue weighted by atomic mass is 10.0. The molecule has 1 N–H and O–H groups in total. The van der Waals surface area contributed by atoms with Gasteiger partial charge < -0.3 is 5.32 Å². The van der Waals surface area contributed by atoms with Gasteiger partial charge in [-0.3, -0.25) is 24.3 Å². The van der Waals surface area contributed by atoms with Crippen molar-refractivity contribution in [2.45, 2.75) is 6.54 Å². The number of rotatable bonds is 5. The summed E-state index contributed by atoms with van der Waals surface area (Å²) < 4.78 is 1.13. The molecular formula is C22H16N4O4. The quantitative estimate of drug-likeness (QED) is 0.407. The largest absolute Gasteiger partial charge is 0.324 e. The zero-order valence-electron chi connectivity index (χ0n) is 15.7. The number of nitrogens with one attached hydrogen (secondary N) is 1. The molecule has 0 atom stereocenters. The van der Waals surface area contributed by atoms with Gasteiger partial charge in [-0.25, -0.2) is 4.98 Å². The molecule has 1 aromatic heterocycles. The summed E-state index contributed by atoms with van der Waals surface area (Å²) in [4.78, 5) is 39.9. The standard InChI is InChI=1S/C22H16N4O4/c27-21(24-20-9-5-4-8-17(20)15-6-2-1-3-7-15)13-25-14-23-19-11-10-16(26(29)30)12-18(19)22(25)28/h1-12,14H,13H2,(H,24,27). The number of hydrogen-bond donors (Lipinski definition) is 1. The summed E-state index contributed by atoms with van der Waals surface area (Å²) in [5.74, 6) is -0.410. The second kappa shape index (κ2) is 7.96. The molecule has 8 heteroatoms. The van der Waals surface area contributed by atoms with Gasteiger partial charge in [0.2, 0.25) is 5.91 Å². The van der Waals surface area contributed by atoms with Crippen molar-refractivity contribution in [3.63, 3.8) is 0 Å². The molecule has 0 saturated carbocycles. The van der Waals surface area contributed by atoms with E-state index in [2.05, 4.69) is 10.3 Å². The van der Waals surface area contributed by atoms with Gasteiger partial charge >= 0.3 is 0 Å². The van der Waals surface area contributed by atoms with Crippen molar-refractivity contribution in [3.8, 4) is 11.1 Å². The van der Waals surface area contributed by atoms with Crippen molar-refractivity contribution in [2.75, 3.05) is 5.32 Å². The molecule has 0 aliphatic rings. The Balaban J connectivity index is 1.61. The normalized spacial score (nSPS) is 10.7. The van der Waals surface area contributed by atoms with E-state index in [0.29, 0.717) is 11.2 Å². The van der Waals surface area contributed by atoms with Crippen LogP contribution in [-0.2, 0) is 11.3 Å². The minimum absolute atomic E-state index is 0.0872. The Morgan fingerprint density at radius 2 is 1.77 bits per heavy atom. The second-order valence-corrected chi connectivity index (χ2v) is 6.60. The number of nitrogens with zero attached hydrogens (tertiary/aromatic N) is 3. The minimum atomic E-state index is -0.580. The highest BCUT2D eigenvalue weighted by Crippen LogP contribution is 2.27. The number of carbonyl (C=O) groups excluding carboxylic acids is 1. The number of benzene rings is 3. The number of nitro groups is 1. The Bertz CT molecular complexity index is 1320. The van der Waals surface area contributed by atoms with Crippen LogP contribution in [0.3, 0.4) is 0 Å². The van der Waals surface area contributed by atoms with Crippen LogP contribution in [-0.4, -0.2) is 20.4 Å². The van der Waals surface area contributed by atoms with Gasteiger partial charge in [-0.05, 0) is 17.7 Å². The van der Waals surface area contributed by atoms with Crippen LogP contribution >= 0.6 is 0 Å². The lowest BCUT2D eigenvalue weighted by molar-refractivity contribution is -0.384. The monoisotopic (exact) mass is 400 g/mol. The number of amides is 1. The smallest absolute Gasteiger partial charge is 0.270 e. The van der Waals surface area contributed by atoms with E-state index in [4.69, 9.17) is 0 Å². The Labute approximate surface area is 170 Å². The summed E-state index contributed by atoms with van der Waals surface area (Å²) in [6, 6.07) is 20.8. The highest BCUT2D eigenvalue weighted by atomic mass is 16.6. The van der Waals surface area contributed by atoms with Crippen LogP contribution in [0.25, 0.3) is 22.0 Å². The summed E-state index contributed by atoms with van der Waals surface area (Å²) in [6.45, 7) is -0.270. The van der Waals surface area contributed by atoms with Crippen LogP contribution < -0.4 is 10.9 Å². The molecule has 0 bridgehead atoms. The third-order valence-corrected chi connectivity index (χ3v) is 4.62. The average Bonchev–Trinajstić information content (AvgIpc) is 2.76. The molecule has 3 aromatic carbocycles. The number of carbonyl (C=O) groups is 1. The molecule has 8 nitrogen and oxygen atoms in total. The highest BCUT2D eigenvalue weighted by Gasteiger charge is 2.13. The minimum Gasteiger partial charge on any atom is -0.324 e. The second-order valence-electron chi connectivity index (χ2n) is 6.60. The van der Waals surface area contributed by atoms with Gasteiger partial charge in [0.1, 0.15) is 6.54 Å². The highest BCUT2D eigenvalue weighted by molar-refractivity contribution is 5.95. The number of aromatic nitrogens is 2. The molecule has 0 aliphatic heterocycles. The van der Waals surface area contributed by atoms with Crippen LogP contribution in [0.4, 0.5) is 11.4 Å². The van der Waals surface area contributed by atoms with Gasteiger partial charge in [0.25, 0.3) is 11.2 Å². The topological polar surface area (TPSA) is 107 Å². The fourth-order valence-corrected chi connectivity index (χ4v) is 3.18. The molecule has 0 aliphatic carbocycles. The Kier molecular flexibility index (Phi) is 5.04. The van der Waals surface area contributed by atoms with Gasteiger partial charge in [0.05, 0.1) is 22.2 Å². The summed E-state index contributed by atoms with van der Waals surface area (Å²) >= 11 is 0. The maximum absolute atomic E-state index is 12.7. The molecular weight excluding hydrogens is 384 g/mol. The van der Waals surface area contributed by atoms with Crippen molar-refractivity contribution < 1.29 is 9.72 Å². The third kappa shape index (κ3) is 3.79. The zero-order chi connectivity index (χ0) is 21.1. The number of non-ortho nitro benzene ring substituents is 1. The van der Waals surface area contributed by atoms with Crippen LogP contribution in [0, 0.1) is 10.1 Å². The van der Waals surface area contributed by atoms with E-state index >= 15 is 0 Å². The van der Waals surface area contributed by atoms with E-state index in [1.807, 2.05) is 48.5 Å². The maximum Gasteiger partial charge on any atom is 0.270 e. The van der Waals surface area contributed by atoms with Gasteiger partial charge in [-0.15, -0.1) is 0 Å². The van der Waals surface area contributed by atoms with E-state index in [1.54, 1.807) is 6.07 Å². The molecule has 30 heavy (non-hydrogen) atoms. The van der Waals surface area contributed by atoms with Crippen molar-refractivity contribution in [1.29, 1.82) is 0 Å². The van der Waals surface area contributed by atoms with Gasteiger partial charge in [0, 0.05) is 23.4 Å². The molecule has 0 fully saturated rings. The number of fused-ring (bicyclic) bond motifs is 1. The third-order valence-electron chi connectivity index (χ3n) is 4.62. The molecule has 148 valence electrons. The molecule has 0 saturated heterocycles. The number of hydrogen-bond acceptors (Lipinski definition) is 5. The fraction of sp³-hybridized carbons (Fsp3) is 0.0455. The fourth-order valence-electron chi connectivity index (χ4n) is 3.18. The average molecular weight is 400 g/mol. The Morgan fingerprint density at radius 1 is 1.03 bits per heavy atom. The molecule has 0 radical (unpaired) electrons. The molecule has 0 unspecified atom stereocenters. The van der Waals surface area contributed by atoms with Crippen molar-refractivity contribution in [1.82, 2.24) is 9.55 Å². The molecule has 0 spiro atoms. The lowest BCUT2D eigenvalue weighted by Crippen LogP contribution is -2.28. The van der Waals surface area contributed by atoms with Crippen LogP contribution in [0.15, 0.2) is 83.9 Å².